The summed E-state index contributed by atoms with van der Waals surface area (Å²) < 4.78 is 62.4. The Morgan fingerprint density at radius 3 is 2.00 bits per heavy atom. The maximum absolute atomic E-state index is 12.5. The van der Waals surface area contributed by atoms with Crippen molar-refractivity contribution in [2.24, 2.45) is 0 Å². The van der Waals surface area contributed by atoms with Gasteiger partial charge in [-0.25, -0.2) is 0 Å². The monoisotopic (exact) mass is 258 g/mol. The Hall–Kier alpha value is -1.91. The fourth-order valence-electron chi connectivity index (χ4n) is 1.72. The van der Waals surface area contributed by atoms with E-state index >= 15 is 0 Å². The minimum Gasteiger partial charge on any atom is -0.173 e. The third-order valence-corrected chi connectivity index (χ3v) is 2.51. The van der Waals surface area contributed by atoms with E-state index < -0.39 is 23.4 Å². The smallest absolute Gasteiger partial charge is 0.173 e. The molecule has 0 radical (unpaired) electrons. The van der Waals surface area contributed by atoms with E-state index in [0.29, 0.717) is 10.8 Å². The highest BCUT2D eigenvalue weighted by Gasteiger charge is 2.38. The number of hydrogen-bond donors (Lipinski definition) is 0. The van der Waals surface area contributed by atoms with Gasteiger partial charge in [0.15, 0.2) is 0 Å². The molecule has 0 aliphatic carbocycles. The molecular weight excluding hydrogens is 251 g/mol. The summed E-state index contributed by atoms with van der Waals surface area (Å²) in [6.45, 7) is 0. The van der Waals surface area contributed by atoms with Crippen LogP contribution in [0.3, 0.4) is 0 Å². The highest BCUT2D eigenvalue weighted by atomic mass is 19.4. The van der Waals surface area contributed by atoms with Gasteiger partial charge in [0.1, 0.15) is 5.57 Å². The Bertz CT molecular complexity index is 606. The van der Waals surface area contributed by atoms with E-state index in [9.17, 15) is 22.0 Å². The van der Waals surface area contributed by atoms with Crippen LogP contribution in [0.5, 0.6) is 0 Å². The zero-order valence-electron chi connectivity index (χ0n) is 8.93. The molecule has 0 atom stereocenters. The Kier molecular flexibility index (Phi) is 3.07. The van der Waals surface area contributed by atoms with Gasteiger partial charge in [-0.1, -0.05) is 36.4 Å². The average molecular weight is 258 g/mol. The molecule has 0 saturated heterocycles. The third-order valence-electron chi connectivity index (χ3n) is 2.51. The molecule has 2 aromatic carbocycles. The van der Waals surface area contributed by atoms with Gasteiger partial charge in [0.05, 0.1) is 0 Å². The van der Waals surface area contributed by atoms with Crippen LogP contribution in [0.4, 0.5) is 22.0 Å². The lowest BCUT2D eigenvalue weighted by atomic mass is 10.0. The number of fused-ring (bicyclic) bond motifs is 1. The lowest BCUT2D eigenvalue weighted by molar-refractivity contribution is -0.0711. The normalized spacial score (nSPS) is 11.6. The van der Waals surface area contributed by atoms with E-state index in [0.717, 1.165) is 12.1 Å². The Morgan fingerprint density at radius 2 is 1.44 bits per heavy atom. The molecule has 0 nitrogen and oxygen atoms in total. The number of hydrogen-bond acceptors (Lipinski definition) is 0. The van der Waals surface area contributed by atoms with Crippen molar-refractivity contribution in [2.45, 2.75) is 6.18 Å². The van der Waals surface area contributed by atoms with Crippen molar-refractivity contribution in [3.8, 4) is 0 Å². The molecule has 94 valence electrons. The van der Waals surface area contributed by atoms with E-state index in [4.69, 9.17) is 0 Å². The highest BCUT2D eigenvalue weighted by molar-refractivity contribution is 5.87. The summed E-state index contributed by atoms with van der Waals surface area (Å²) in [7, 11) is 0. The molecule has 2 rings (SSSR count). The summed E-state index contributed by atoms with van der Waals surface area (Å²) in [6.07, 6.45) is -7.79. The second-order valence-electron chi connectivity index (χ2n) is 3.70. The summed E-state index contributed by atoms with van der Waals surface area (Å²) >= 11 is 0. The van der Waals surface area contributed by atoms with Crippen molar-refractivity contribution in [3.63, 3.8) is 0 Å². The van der Waals surface area contributed by atoms with Crippen LogP contribution < -0.4 is 0 Å². The SMILES string of the molecule is FC(F)=C(c1ccc2ccccc2c1)C(F)(F)F. The van der Waals surface area contributed by atoms with E-state index in [1.807, 2.05) is 0 Å². The van der Waals surface area contributed by atoms with Gasteiger partial charge < -0.3 is 0 Å². The lowest BCUT2D eigenvalue weighted by Crippen LogP contribution is -2.11. The Balaban J connectivity index is 2.64. The van der Waals surface area contributed by atoms with Crippen LogP contribution in [0.2, 0.25) is 0 Å². The first-order valence-electron chi connectivity index (χ1n) is 5.01. The standard InChI is InChI=1S/C13H7F5/c14-12(15)11(13(16,17)18)10-6-5-8-3-1-2-4-9(8)7-10/h1-7H. The second kappa shape index (κ2) is 4.40. The average Bonchev–Trinajstić information content (AvgIpc) is 2.26. The topological polar surface area (TPSA) is 0 Å². The summed E-state index contributed by atoms with van der Waals surface area (Å²) in [5, 5.41) is 1.18. The van der Waals surface area contributed by atoms with Crippen LogP contribution in [0.25, 0.3) is 16.3 Å². The van der Waals surface area contributed by atoms with Gasteiger partial charge in [-0.3, -0.25) is 0 Å². The van der Waals surface area contributed by atoms with Crippen molar-refractivity contribution in [1.29, 1.82) is 0 Å². The van der Waals surface area contributed by atoms with Gasteiger partial charge in [-0.2, -0.15) is 22.0 Å². The van der Waals surface area contributed by atoms with Crippen molar-refractivity contribution in [3.05, 3.63) is 54.1 Å². The van der Waals surface area contributed by atoms with E-state index in [1.165, 1.54) is 6.07 Å². The number of allylic oxidation sites excluding steroid dienone is 1. The molecule has 0 amide bonds. The first kappa shape index (κ1) is 12.5. The Morgan fingerprint density at radius 1 is 0.833 bits per heavy atom. The first-order chi connectivity index (χ1) is 8.39. The van der Waals surface area contributed by atoms with Crippen molar-refractivity contribution in [2.75, 3.05) is 0 Å². The van der Waals surface area contributed by atoms with E-state index in [-0.39, 0.29) is 0 Å². The number of halogens is 5. The fraction of sp³-hybridized carbons (Fsp3) is 0.0769. The molecule has 2 aromatic rings. The maximum Gasteiger partial charge on any atom is 0.422 e. The molecule has 0 spiro atoms. The minimum absolute atomic E-state index is 0.484. The van der Waals surface area contributed by atoms with Crippen LogP contribution in [-0.2, 0) is 0 Å². The maximum atomic E-state index is 12.5. The zero-order valence-corrected chi connectivity index (χ0v) is 8.93. The van der Waals surface area contributed by atoms with Gasteiger partial charge in [-0.05, 0) is 22.4 Å². The van der Waals surface area contributed by atoms with Gasteiger partial charge in [0.2, 0.25) is 0 Å². The third kappa shape index (κ3) is 2.34. The van der Waals surface area contributed by atoms with Crippen LogP contribution in [0, 0.1) is 0 Å². The van der Waals surface area contributed by atoms with Gasteiger partial charge in [0.25, 0.3) is 6.08 Å². The van der Waals surface area contributed by atoms with Gasteiger partial charge in [0, 0.05) is 0 Å². The molecule has 0 aliphatic heterocycles. The molecule has 0 unspecified atom stereocenters. The molecular formula is C13H7F5. The van der Waals surface area contributed by atoms with Gasteiger partial charge in [-0.15, -0.1) is 0 Å². The summed E-state index contributed by atoms with van der Waals surface area (Å²) in [4.78, 5) is 0. The van der Waals surface area contributed by atoms with Crippen LogP contribution >= 0.6 is 0 Å². The van der Waals surface area contributed by atoms with Crippen LogP contribution in [0.15, 0.2) is 48.5 Å². The molecule has 18 heavy (non-hydrogen) atoms. The minimum atomic E-state index is -5.07. The largest absolute Gasteiger partial charge is 0.422 e. The summed E-state index contributed by atoms with van der Waals surface area (Å²) in [5.74, 6) is 0. The van der Waals surface area contributed by atoms with E-state index in [1.54, 1.807) is 24.3 Å². The highest BCUT2D eigenvalue weighted by Crippen LogP contribution is 2.38. The fourth-order valence-corrected chi connectivity index (χ4v) is 1.72. The molecule has 5 heteroatoms. The predicted octanol–water partition coefficient (Wildman–Crippen LogP) is 5.01. The summed E-state index contributed by atoms with van der Waals surface area (Å²) in [5.41, 5.74) is -2.41. The van der Waals surface area contributed by atoms with Crippen LogP contribution in [0.1, 0.15) is 5.56 Å². The molecule has 0 heterocycles. The van der Waals surface area contributed by atoms with Crippen molar-refractivity contribution < 1.29 is 22.0 Å². The number of alkyl halides is 3. The first-order valence-corrected chi connectivity index (χ1v) is 5.01. The molecule has 0 N–H and O–H groups in total. The number of rotatable bonds is 1. The van der Waals surface area contributed by atoms with Crippen molar-refractivity contribution >= 4 is 16.3 Å². The Labute approximate surface area is 99.3 Å². The van der Waals surface area contributed by atoms with Gasteiger partial charge >= 0.3 is 6.18 Å². The quantitative estimate of drug-likeness (QED) is 0.631. The molecule has 0 fully saturated rings. The zero-order chi connectivity index (χ0) is 13.3. The predicted molar refractivity (Wildman–Crippen MR) is 59.1 cm³/mol. The molecule has 0 saturated carbocycles. The van der Waals surface area contributed by atoms with Crippen LogP contribution in [-0.4, -0.2) is 6.18 Å². The summed E-state index contributed by atoms with van der Waals surface area (Å²) in [6, 6.07) is 10.2. The van der Waals surface area contributed by atoms with Crippen molar-refractivity contribution in [1.82, 2.24) is 0 Å². The van der Waals surface area contributed by atoms with E-state index in [2.05, 4.69) is 0 Å². The second-order valence-corrected chi connectivity index (χ2v) is 3.70. The molecule has 0 aromatic heterocycles. The lowest BCUT2D eigenvalue weighted by Gasteiger charge is -2.11. The number of benzene rings is 2. The molecule has 0 aliphatic rings. The molecule has 0 bridgehead atoms.